The van der Waals surface area contributed by atoms with Gasteiger partial charge in [0.2, 0.25) is 5.91 Å². The molecule has 0 aliphatic heterocycles. The average molecular weight is 227 g/mol. The van der Waals surface area contributed by atoms with Gasteiger partial charge in [-0.2, -0.15) is 0 Å². The number of nitrogens with one attached hydrogen (secondary N) is 1. The van der Waals surface area contributed by atoms with Crippen LogP contribution in [-0.4, -0.2) is 21.5 Å². The van der Waals surface area contributed by atoms with Gasteiger partial charge in [0.15, 0.2) is 8.38 Å². The summed E-state index contributed by atoms with van der Waals surface area (Å²) >= 11 is 0. The molecule has 0 aromatic heterocycles. The molecule has 5 heteroatoms. The maximum atomic E-state index is 10.8. The molecular weight excluding hydrogens is 213 g/mol. The summed E-state index contributed by atoms with van der Waals surface area (Å²) in [7, 11) is -2.15. The van der Waals surface area contributed by atoms with Crippen LogP contribution in [0.1, 0.15) is 12.5 Å². The van der Waals surface area contributed by atoms with Gasteiger partial charge in [0.05, 0.1) is 0 Å². The van der Waals surface area contributed by atoms with Crippen LogP contribution in [0.5, 0.6) is 0 Å². The van der Waals surface area contributed by atoms with E-state index in [0.29, 0.717) is 6.42 Å². The van der Waals surface area contributed by atoms with Crippen molar-refractivity contribution in [3.63, 3.8) is 0 Å². The zero-order chi connectivity index (χ0) is 11.3. The molecule has 0 heterocycles. The van der Waals surface area contributed by atoms with Gasteiger partial charge in [-0.1, -0.05) is 30.3 Å². The van der Waals surface area contributed by atoms with Gasteiger partial charge < -0.3 is 15.1 Å². The van der Waals surface area contributed by atoms with Crippen molar-refractivity contribution in [1.82, 2.24) is 5.32 Å². The summed E-state index contributed by atoms with van der Waals surface area (Å²) in [6.07, 6.45) is 0.430. The van der Waals surface area contributed by atoms with Crippen LogP contribution < -0.4 is 5.32 Å². The topological polar surface area (TPSA) is 69.6 Å². The Labute approximate surface area is 89.9 Å². The number of benzene rings is 1. The first-order valence-corrected chi connectivity index (χ1v) is 5.89. The van der Waals surface area contributed by atoms with Gasteiger partial charge >= 0.3 is 0 Å². The highest BCUT2D eigenvalue weighted by atomic mass is 31.2. The molecule has 0 unspecified atom stereocenters. The molecule has 4 nitrogen and oxygen atoms in total. The first-order chi connectivity index (χ1) is 7.09. The Balaban J connectivity index is 2.63. The van der Waals surface area contributed by atoms with Gasteiger partial charge in [0, 0.05) is 13.3 Å². The van der Waals surface area contributed by atoms with Crippen LogP contribution in [0.25, 0.3) is 0 Å². The van der Waals surface area contributed by atoms with E-state index in [1.807, 2.05) is 30.3 Å². The Kier molecular flexibility index (Phi) is 4.69. The third-order valence-electron chi connectivity index (χ3n) is 1.92. The van der Waals surface area contributed by atoms with Gasteiger partial charge in [-0.05, 0) is 5.56 Å². The lowest BCUT2D eigenvalue weighted by Crippen LogP contribution is -2.33. The van der Waals surface area contributed by atoms with Gasteiger partial charge in [-0.25, -0.2) is 0 Å². The highest BCUT2D eigenvalue weighted by molar-refractivity contribution is 7.45. The fourth-order valence-electron chi connectivity index (χ4n) is 1.26. The molecule has 0 saturated carbocycles. The van der Waals surface area contributed by atoms with Crippen molar-refractivity contribution < 1.29 is 14.6 Å². The molecule has 82 valence electrons. The molecule has 0 aliphatic carbocycles. The van der Waals surface area contributed by atoms with E-state index in [-0.39, 0.29) is 5.91 Å². The van der Waals surface area contributed by atoms with E-state index in [1.54, 1.807) is 0 Å². The predicted octanol–water partition coefficient (Wildman–Crippen LogP) is 0.988. The summed E-state index contributed by atoms with van der Waals surface area (Å²) < 4.78 is 0. The number of carbonyl (C=O) groups is 1. The third kappa shape index (κ3) is 4.38. The molecule has 0 radical (unpaired) electrons. The zero-order valence-electron chi connectivity index (χ0n) is 8.42. The standard InChI is InChI=1S/C10H14NO3P/c1-8(12)11-10(15(13)14)7-9-5-3-2-4-6-9/h2-6,10,13-14H,7H2,1H3,(H,11,12)/t10-/m0/s1. The minimum atomic E-state index is -2.15. The maximum absolute atomic E-state index is 10.8. The van der Waals surface area contributed by atoms with Crippen LogP contribution in [0.15, 0.2) is 30.3 Å². The molecule has 0 aliphatic rings. The van der Waals surface area contributed by atoms with E-state index in [1.165, 1.54) is 6.92 Å². The molecule has 0 spiro atoms. The van der Waals surface area contributed by atoms with Crippen molar-refractivity contribution in [2.45, 2.75) is 19.1 Å². The second kappa shape index (κ2) is 5.81. The summed E-state index contributed by atoms with van der Waals surface area (Å²) in [5, 5.41) is 2.52. The smallest absolute Gasteiger partial charge is 0.217 e. The lowest BCUT2D eigenvalue weighted by atomic mass is 10.1. The highest BCUT2D eigenvalue weighted by Gasteiger charge is 2.18. The van der Waals surface area contributed by atoms with Crippen LogP contribution in [-0.2, 0) is 11.2 Å². The molecule has 1 amide bonds. The SMILES string of the molecule is CC(=O)N[C@H](Cc1ccccc1)P(O)O. The fraction of sp³-hybridized carbons (Fsp3) is 0.300. The van der Waals surface area contributed by atoms with Crippen LogP contribution >= 0.6 is 8.38 Å². The second-order valence-corrected chi connectivity index (χ2v) is 4.49. The van der Waals surface area contributed by atoms with Crippen molar-refractivity contribution in [3.8, 4) is 0 Å². The van der Waals surface area contributed by atoms with E-state index < -0.39 is 14.2 Å². The van der Waals surface area contributed by atoms with Gasteiger partial charge in [-0.15, -0.1) is 0 Å². The monoisotopic (exact) mass is 227 g/mol. The molecule has 0 fully saturated rings. The van der Waals surface area contributed by atoms with E-state index in [2.05, 4.69) is 5.32 Å². The molecule has 1 aromatic carbocycles. The number of rotatable bonds is 4. The molecular formula is C10H14NO3P. The lowest BCUT2D eigenvalue weighted by molar-refractivity contribution is -0.119. The molecule has 15 heavy (non-hydrogen) atoms. The lowest BCUT2D eigenvalue weighted by Gasteiger charge is -2.18. The van der Waals surface area contributed by atoms with Crippen LogP contribution in [0.4, 0.5) is 0 Å². The Morgan fingerprint density at radius 3 is 2.47 bits per heavy atom. The summed E-state index contributed by atoms with van der Waals surface area (Å²) in [4.78, 5) is 29.1. The number of hydrogen-bond donors (Lipinski definition) is 3. The van der Waals surface area contributed by atoms with Crippen molar-refractivity contribution in [1.29, 1.82) is 0 Å². The van der Waals surface area contributed by atoms with E-state index in [9.17, 15) is 4.79 Å². The first kappa shape index (κ1) is 12.1. The number of amides is 1. The van der Waals surface area contributed by atoms with Crippen molar-refractivity contribution in [2.24, 2.45) is 0 Å². The van der Waals surface area contributed by atoms with Crippen molar-refractivity contribution in [3.05, 3.63) is 35.9 Å². The van der Waals surface area contributed by atoms with Gasteiger partial charge in [-0.3, -0.25) is 4.79 Å². The molecule has 3 N–H and O–H groups in total. The Hall–Kier alpha value is -0.960. The third-order valence-corrected chi connectivity index (χ3v) is 2.79. The zero-order valence-corrected chi connectivity index (χ0v) is 9.32. The highest BCUT2D eigenvalue weighted by Crippen LogP contribution is 2.31. The van der Waals surface area contributed by atoms with E-state index in [4.69, 9.17) is 9.79 Å². The minimum absolute atomic E-state index is 0.258. The summed E-state index contributed by atoms with van der Waals surface area (Å²) in [5.74, 6) is -0.855. The normalized spacial score (nSPS) is 12.5. The fourth-order valence-corrected chi connectivity index (χ4v) is 1.93. The van der Waals surface area contributed by atoms with Crippen LogP contribution in [0.3, 0.4) is 0 Å². The number of hydrogen-bond acceptors (Lipinski definition) is 3. The molecule has 0 saturated heterocycles. The Morgan fingerprint density at radius 1 is 1.40 bits per heavy atom. The first-order valence-electron chi connectivity index (χ1n) is 4.57. The summed E-state index contributed by atoms with van der Waals surface area (Å²) in [6.45, 7) is 1.36. The largest absolute Gasteiger partial charge is 0.349 e. The second-order valence-electron chi connectivity index (χ2n) is 3.23. The summed E-state index contributed by atoms with van der Waals surface area (Å²) in [5.41, 5.74) is 0.965. The van der Waals surface area contributed by atoms with Gasteiger partial charge in [0.25, 0.3) is 0 Å². The number of carbonyl (C=O) groups excluding carboxylic acids is 1. The van der Waals surface area contributed by atoms with E-state index >= 15 is 0 Å². The predicted molar refractivity (Wildman–Crippen MR) is 59.1 cm³/mol. The maximum Gasteiger partial charge on any atom is 0.217 e. The quantitative estimate of drug-likeness (QED) is 0.672. The molecule has 1 aromatic rings. The van der Waals surface area contributed by atoms with Gasteiger partial charge in [0.1, 0.15) is 5.78 Å². The Morgan fingerprint density at radius 2 is 2.00 bits per heavy atom. The van der Waals surface area contributed by atoms with E-state index in [0.717, 1.165) is 5.56 Å². The molecule has 1 atom stereocenters. The van der Waals surface area contributed by atoms with Crippen LogP contribution in [0, 0.1) is 0 Å². The molecule has 1 rings (SSSR count). The average Bonchev–Trinajstić information content (AvgIpc) is 2.17. The molecule has 0 bridgehead atoms. The van der Waals surface area contributed by atoms with Crippen LogP contribution in [0.2, 0.25) is 0 Å². The summed E-state index contributed by atoms with van der Waals surface area (Å²) in [6, 6.07) is 9.40. The Bertz CT molecular complexity index is 316. The van der Waals surface area contributed by atoms with Crippen molar-refractivity contribution >= 4 is 14.3 Å². The van der Waals surface area contributed by atoms with Crippen molar-refractivity contribution in [2.75, 3.05) is 0 Å². The minimum Gasteiger partial charge on any atom is -0.349 e.